The Morgan fingerprint density at radius 3 is 2.56 bits per heavy atom. The molecule has 3 aromatic heterocycles. The molecule has 1 aliphatic carbocycles. The number of aromatic nitrogens is 4. The summed E-state index contributed by atoms with van der Waals surface area (Å²) in [4.78, 5) is 41.6. The predicted octanol–water partition coefficient (Wildman–Crippen LogP) is 7.10. The number of pyridine rings is 2. The van der Waals surface area contributed by atoms with Crippen LogP contribution in [0.4, 0.5) is 17.2 Å². The molecule has 1 saturated carbocycles. The largest absolute Gasteiger partial charge is 0.481 e. The van der Waals surface area contributed by atoms with Crippen LogP contribution in [0, 0.1) is 18.8 Å². The number of nitrogens with zero attached hydrogens (tertiary/aromatic N) is 5. The van der Waals surface area contributed by atoms with Crippen LogP contribution in [0.2, 0.25) is 5.02 Å². The molecule has 55 heavy (non-hydrogen) atoms. The number of carbonyl (C=O) groups is 2. The van der Waals surface area contributed by atoms with Crippen LogP contribution in [-0.2, 0) is 31.4 Å². The van der Waals surface area contributed by atoms with Gasteiger partial charge in [-0.15, -0.1) is 0 Å². The van der Waals surface area contributed by atoms with E-state index in [1.807, 2.05) is 68.1 Å². The van der Waals surface area contributed by atoms with Gasteiger partial charge in [0.2, 0.25) is 0 Å². The number of rotatable bonds is 13. The average Bonchev–Trinajstić information content (AvgIpc) is 3.53. The van der Waals surface area contributed by atoms with Gasteiger partial charge < -0.3 is 30.7 Å². The minimum Gasteiger partial charge on any atom is -0.481 e. The lowest BCUT2D eigenvalue weighted by Crippen LogP contribution is -2.33. The minimum absolute atomic E-state index is 0.00796. The number of fused-ring (bicyclic) bond motifs is 2. The highest BCUT2D eigenvalue weighted by Crippen LogP contribution is 2.39. The fourth-order valence-electron chi connectivity index (χ4n) is 7.89. The summed E-state index contributed by atoms with van der Waals surface area (Å²) in [6.07, 6.45) is 8.94. The molecule has 0 radical (unpaired) electrons. The van der Waals surface area contributed by atoms with Gasteiger partial charge in [-0.05, 0) is 99.4 Å². The lowest BCUT2D eigenvalue weighted by molar-refractivity contribution is -0.143. The Kier molecular flexibility index (Phi) is 11.8. The number of carbonyl (C=O) groups excluding carboxylic acids is 1. The van der Waals surface area contributed by atoms with Crippen molar-refractivity contribution in [2.24, 2.45) is 18.9 Å². The van der Waals surface area contributed by atoms with Crippen LogP contribution in [0.15, 0.2) is 60.9 Å². The number of carboxylic acid groups (broad SMARTS) is 1. The number of hydrogen-bond donors (Lipinski definition) is 5. The van der Waals surface area contributed by atoms with E-state index in [0.717, 1.165) is 102 Å². The van der Waals surface area contributed by atoms with E-state index in [1.54, 1.807) is 12.3 Å². The number of halogens is 1. The number of imidazole rings is 1. The number of nitrogens with one attached hydrogen (secondary N) is 3. The second-order valence-corrected chi connectivity index (χ2v) is 15.4. The second kappa shape index (κ2) is 16.9. The van der Waals surface area contributed by atoms with E-state index in [9.17, 15) is 19.8 Å². The van der Waals surface area contributed by atoms with Crippen LogP contribution >= 0.6 is 11.6 Å². The number of anilines is 3. The fourth-order valence-corrected chi connectivity index (χ4v) is 8.17. The number of hydrogen-bond acceptors (Lipinski definition) is 9. The van der Waals surface area contributed by atoms with E-state index in [2.05, 4.69) is 31.9 Å². The van der Waals surface area contributed by atoms with E-state index in [1.165, 1.54) is 0 Å². The Hall–Kier alpha value is -4.88. The van der Waals surface area contributed by atoms with E-state index in [0.29, 0.717) is 41.4 Å². The number of amides is 1. The van der Waals surface area contributed by atoms with Crippen molar-refractivity contribution in [1.29, 1.82) is 0 Å². The van der Waals surface area contributed by atoms with Crippen LogP contribution in [0.3, 0.4) is 0 Å². The predicted molar refractivity (Wildman–Crippen MR) is 216 cm³/mol. The molecule has 1 aliphatic heterocycles. The fraction of sp³-hybridized carbons (Fsp3) is 0.405. The first-order valence-corrected chi connectivity index (χ1v) is 19.5. The smallest absolute Gasteiger partial charge is 0.306 e. The first-order valence-electron chi connectivity index (χ1n) is 19.1. The molecule has 13 heteroatoms. The number of aliphatic hydroxyl groups excluding tert-OH is 1. The van der Waals surface area contributed by atoms with Crippen molar-refractivity contribution in [2.75, 3.05) is 30.3 Å². The molecule has 288 valence electrons. The summed E-state index contributed by atoms with van der Waals surface area (Å²) in [6, 6.07) is 15.6. The molecule has 5 N–H and O–H groups in total. The third kappa shape index (κ3) is 8.52. The average molecular weight is 765 g/mol. The van der Waals surface area contributed by atoms with Gasteiger partial charge in [-0.3, -0.25) is 19.5 Å². The van der Waals surface area contributed by atoms with Crippen LogP contribution in [0.1, 0.15) is 72.2 Å². The highest BCUT2D eigenvalue weighted by molar-refractivity contribution is 6.36. The van der Waals surface area contributed by atoms with Gasteiger partial charge in [0.05, 0.1) is 28.9 Å². The maximum atomic E-state index is 13.7. The molecule has 2 aromatic carbocycles. The summed E-state index contributed by atoms with van der Waals surface area (Å²) in [5.41, 5.74) is 7.76. The molecule has 1 amide bonds. The van der Waals surface area contributed by atoms with Crippen molar-refractivity contribution in [3.63, 3.8) is 0 Å². The Morgan fingerprint density at radius 2 is 1.80 bits per heavy atom. The second-order valence-electron chi connectivity index (χ2n) is 15.0. The molecule has 0 spiro atoms. The molecule has 2 aliphatic rings. The standard InChI is InChI=1S/C42H49ClN8O4/c1-25(24-52)45-21-28-20-30-14-17-44-39(38(30)46-22-28)47-33-8-4-6-31(26(33)2)32-7-5-9-34(37(32)43)49-41(53)40-48-35-23-51(19-16-36(35)50(40)3)18-15-27-10-12-29(13-11-27)42(54)55/h4-9,14,17,20,22,25,27,29,45,52H,10-13,15-16,18-19,21,23-24H2,1-3H3,(H,44,47)(H,49,53)(H,54,55)/t25-,27?,29?/m0/s1. The van der Waals surface area contributed by atoms with Crippen molar-refractivity contribution in [1.82, 2.24) is 29.7 Å². The summed E-state index contributed by atoms with van der Waals surface area (Å²) < 4.78 is 1.90. The summed E-state index contributed by atoms with van der Waals surface area (Å²) >= 11 is 7.05. The number of aliphatic carboxylic acids is 1. The topological polar surface area (TPSA) is 158 Å². The van der Waals surface area contributed by atoms with Crippen LogP contribution in [-0.4, -0.2) is 72.2 Å². The minimum atomic E-state index is -0.663. The van der Waals surface area contributed by atoms with Gasteiger partial charge in [-0.2, -0.15) is 0 Å². The monoisotopic (exact) mass is 764 g/mol. The number of benzene rings is 2. The first-order chi connectivity index (χ1) is 26.6. The molecule has 0 bridgehead atoms. The summed E-state index contributed by atoms with van der Waals surface area (Å²) in [5, 5.41) is 29.9. The van der Waals surface area contributed by atoms with Crippen molar-refractivity contribution in [3.05, 3.63) is 94.3 Å². The van der Waals surface area contributed by atoms with E-state index in [4.69, 9.17) is 21.6 Å². The van der Waals surface area contributed by atoms with Gasteiger partial charge in [0.25, 0.3) is 5.91 Å². The first kappa shape index (κ1) is 38.4. The highest BCUT2D eigenvalue weighted by atomic mass is 35.5. The van der Waals surface area contributed by atoms with Gasteiger partial charge >= 0.3 is 5.97 Å². The van der Waals surface area contributed by atoms with Crippen molar-refractivity contribution < 1.29 is 19.8 Å². The highest BCUT2D eigenvalue weighted by Gasteiger charge is 2.29. The van der Waals surface area contributed by atoms with Crippen LogP contribution in [0.25, 0.3) is 22.0 Å². The van der Waals surface area contributed by atoms with Gasteiger partial charge in [0, 0.05) is 73.9 Å². The molecule has 1 fully saturated rings. The molecule has 0 unspecified atom stereocenters. The van der Waals surface area contributed by atoms with Crippen LogP contribution < -0.4 is 16.0 Å². The number of aliphatic hydroxyl groups is 1. The van der Waals surface area contributed by atoms with E-state index >= 15 is 0 Å². The third-order valence-corrected chi connectivity index (χ3v) is 11.7. The maximum absolute atomic E-state index is 13.7. The molecule has 12 nitrogen and oxygen atoms in total. The van der Waals surface area contributed by atoms with Gasteiger partial charge in [0.1, 0.15) is 5.52 Å². The van der Waals surface area contributed by atoms with Gasteiger partial charge in [0.15, 0.2) is 11.6 Å². The SMILES string of the molecule is Cc1c(Nc2nccc3cc(CN[C@@H](C)CO)cnc23)cccc1-c1cccc(NC(=O)c2nc3c(n2C)CCN(CCC2CCC(C(=O)O)CC2)C3)c1Cl. The van der Waals surface area contributed by atoms with Gasteiger partial charge in [-0.1, -0.05) is 35.9 Å². The van der Waals surface area contributed by atoms with Crippen molar-refractivity contribution in [2.45, 2.75) is 71.5 Å². The molecule has 1 atom stereocenters. The van der Waals surface area contributed by atoms with Crippen LogP contribution in [0.5, 0.6) is 0 Å². The zero-order valence-corrected chi connectivity index (χ0v) is 32.4. The Morgan fingerprint density at radius 1 is 1.04 bits per heavy atom. The number of carboxylic acids is 1. The Labute approximate surface area is 326 Å². The Bertz CT molecular complexity index is 2200. The summed E-state index contributed by atoms with van der Waals surface area (Å²) in [7, 11) is 1.90. The zero-order chi connectivity index (χ0) is 38.6. The lowest BCUT2D eigenvalue weighted by atomic mass is 9.80. The normalized spacial score (nSPS) is 17.8. The zero-order valence-electron chi connectivity index (χ0n) is 31.6. The molecule has 0 saturated heterocycles. The lowest BCUT2D eigenvalue weighted by Gasteiger charge is -2.30. The van der Waals surface area contributed by atoms with Crippen molar-refractivity contribution in [3.8, 4) is 11.1 Å². The van der Waals surface area contributed by atoms with Crippen molar-refractivity contribution >= 4 is 51.6 Å². The molecular weight excluding hydrogens is 716 g/mol. The van der Waals surface area contributed by atoms with Gasteiger partial charge in [-0.25, -0.2) is 9.97 Å². The maximum Gasteiger partial charge on any atom is 0.306 e. The molecule has 5 aromatic rings. The molecule has 7 rings (SSSR count). The third-order valence-electron chi connectivity index (χ3n) is 11.3. The Balaban J connectivity index is 1.03. The van der Waals surface area contributed by atoms with E-state index < -0.39 is 5.97 Å². The molecule has 4 heterocycles. The van der Waals surface area contributed by atoms with E-state index in [-0.39, 0.29) is 24.5 Å². The summed E-state index contributed by atoms with van der Waals surface area (Å²) in [6.45, 7) is 7.15. The molecular formula is C42H49ClN8O4. The quantitative estimate of drug-likeness (QED) is 0.0838. The summed E-state index contributed by atoms with van der Waals surface area (Å²) in [5.74, 6) is 0.375.